The van der Waals surface area contributed by atoms with Crippen LogP contribution in [0.25, 0.3) is 0 Å². The van der Waals surface area contributed by atoms with E-state index >= 15 is 0 Å². The summed E-state index contributed by atoms with van der Waals surface area (Å²) in [5, 5.41) is 2.96. The quantitative estimate of drug-likeness (QED) is 0.873. The van der Waals surface area contributed by atoms with E-state index in [0.29, 0.717) is 26.1 Å². The number of hydrogen-bond acceptors (Lipinski definition) is 4. The third-order valence-corrected chi connectivity index (χ3v) is 4.20. The second-order valence-electron chi connectivity index (χ2n) is 7.66. The van der Waals surface area contributed by atoms with Gasteiger partial charge >= 0.3 is 6.09 Å². The van der Waals surface area contributed by atoms with Gasteiger partial charge in [0.2, 0.25) is 5.91 Å². The first-order chi connectivity index (χ1) is 12.3. The van der Waals surface area contributed by atoms with Gasteiger partial charge in [-0.1, -0.05) is 24.3 Å². The SMILES string of the molecule is COCc1cccc(CNC(=O)C2CCCCN2C(=O)OC(C)(C)C)c1. The topological polar surface area (TPSA) is 67.9 Å². The minimum atomic E-state index is -0.572. The molecule has 1 aromatic rings. The average molecular weight is 362 g/mol. The smallest absolute Gasteiger partial charge is 0.410 e. The first kappa shape index (κ1) is 20.2. The second kappa shape index (κ2) is 9.03. The Hall–Kier alpha value is -2.08. The Kier molecular flexibility index (Phi) is 7.03. The van der Waals surface area contributed by atoms with Gasteiger partial charge in [-0.05, 0) is 51.2 Å². The largest absolute Gasteiger partial charge is 0.444 e. The molecule has 6 heteroatoms. The van der Waals surface area contributed by atoms with Gasteiger partial charge in [0, 0.05) is 20.2 Å². The summed E-state index contributed by atoms with van der Waals surface area (Å²) in [6.07, 6.45) is 2.07. The number of nitrogens with one attached hydrogen (secondary N) is 1. The highest BCUT2D eigenvalue weighted by Crippen LogP contribution is 2.20. The van der Waals surface area contributed by atoms with Crippen molar-refractivity contribution in [3.05, 3.63) is 35.4 Å². The minimum absolute atomic E-state index is 0.132. The number of carbonyl (C=O) groups is 2. The summed E-state index contributed by atoms with van der Waals surface area (Å²) in [5.74, 6) is -0.132. The summed E-state index contributed by atoms with van der Waals surface area (Å²) in [5.41, 5.74) is 1.50. The summed E-state index contributed by atoms with van der Waals surface area (Å²) in [6, 6.07) is 7.44. The van der Waals surface area contributed by atoms with Gasteiger partial charge in [0.1, 0.15) is 11.6 Å². The molecule has 2 amide bonds. The molecule has 6 nitrogen and oxygen atoms in total. The van der Waals surface area contributed by atoms with Crippen LogP contribution in [0.15, 0.2) is 24.3 Å². The van der Waals surface area contributed by atoms with Crippen LogP contribution in [0, 0.1) is 0 Å². The number of nitrogens with zero attached hydrogens (tertiary/aromatic N) is 1. The number of carbonyl (C=O) groups excluding carboxylic acids is 2. The molecule has 1 fully saturated rings. The van der Waals surface area contributed by atoms with Crippen molar-refractivity contribution in [3.63, 3.8) is 0 Å². The molecule has 0 spiro atoms. The van der Waals surface area contributed by atoms with E-state index in [0.717, 1.165) is 24.0 Å². The molecular formula is C20H30N2O4. The van der Waals surface area contributed by atoms with Crippen LogP contribution < -0.4 is 5.32 Å². The van der Waals surface area contributed by atoms with E-state index in [1.165, 1.54) is 0 Å². The molecule has 1 atom stereocenters. The van der Waals surface area contributed by atoms with Crippen molar-refractivity contribution in [1.82, 2.24) is 10.2 Å². The van der Waals surface area contributed by atoms with E-state index in [2.05, 4.69) is 5.32 Å². The van der Waals surface area contributed by atoms with Crippen molar-refractivity contribution in [3.8, 4) is 0 Å². The summed E-state index contributed by atoms with van der Waals surface area (Å²) in [7, 11) is 1.66. The van der Waals surface area contributed by atoms with Crippen LogP contribution in [-0.4, -0.2) is 42.2 Å². The summed E-state index contributed by atoms with van der Waals surface area (Å²) in [4.78, 5) is 26.7. The average Bonchev–Trinajstić information content (AvgIpc) is 2.59. The van der Waals surface area contributed by atoms with Crippen LogP contribution in [0.3, 0.4) is 0 Å². The Morgan fingerprint density at radius 1 is 1.23 bits per heavy atom. The number of ether oxygens (including phenoxy) is 2. The normalized spacial score (nSPS) is 17.7. The molecule has 0 aliphatic carbocycles. The first-order valence-corrected chi connectivity index (χ1v) is 9.14. The predicted molar refractivity (Wildman–Crippen MR) is 99.6 cm³/mol. The summed E-state index contributed by atoms with van der Waals surface area (Å²) < 4.78 is 10.6. The van der Waals surface area contributed by atoms with Gasteiger partial charge in [-0.25, -0.2) is 4.79 Å². The molecule has 0 radical (unpaired) electrons. The van der Waals surface area contributed by atoms with Gasteiger partial charge in [0.15, 0.2) is 0 Å². The third kappa shape index (κ3) is 6.02. The highest BCUT2D eigenvalue weighted by molar-refractivity contribution is 5.85. The zero-order chi connectivity index (χ0) is 19.2. The number of methoxy groups -OCH3 is 1. The van der Waals surface area contributed by atoms with Crippen LogP contribution in [0.5, 0.6) is 0 Å². The number of rotatable bonds is 5. The molecule has 0 aromatic heterocycles. The van der Waals surface area contributed by atoms with Crippen LogP contribution in [0.4, 0.5) is 4.79 Å². The highest BCUT2D eigenvalue weighted by Gasteiger charge is 2.34. The van der Waals surface area contributed by atoms with Crippen molar-refractivity contribution < 1.29 is 19.1 Å². The van der Waals surface area contributed by atoms with Crippen LogP contribution in [0.1, 0.15) is 51.2 Å². The van der Waals surface area contributed by atoms with E-state index in [1.807, 2.05) is 45.0 Å². The molecule has 0 saturated carbocycles. The maximum absolute atomic E-state index is 12.7. The number of amides is 2. The maximum atomic E-state index is 12.7. The van der Waals surface area contributed by atoms with E-state index in [4.69, 9.17) is 9.47 Å². The maximum Gasteiger partial charge on any atom is 0.410 e. The van der Waals surface area contributed by atoms with E-state index in [9.17, 15) is 9.59 Å². The molecule has 1 unspecified atom stereocenters. The summed E-state index contributed by atoms with van der Waals surface area (Å²) in [6.45, 7) is 7.01. The molecule has 2 rings (SSSR count). The molecule has 1 heterocycles. The fourth-order valence-electron chi connectivity index (χ4n) is 3.05. The molecule has 144 valence electrons. The van der Waals surface area contributed by atoms with Crippen LogP contribution in [0.2, 0.25) is 0 Å². The highest BCUT2D eigenvalue weighted by atomic mass is 16.6. The Morgan fingerprint density at radius 3 is 2.65 bits per heavy atom. The lowest BCUT2D eigenvalue weighted by atomic mass is 10.0. The molecule has 1 aliphatic rings. The Balaban J connectivity index is 1.97. The zero-order valence-corrected chi connectivity index (χ0v) is 16.2. The third-order valence-electron chi connectivity index (χ3n) is 4.20. The van der Waals surface area contributed by atoms with E-state index < -0.39 is 17.7 Å². The number of benzene rings is 1. The zero-order valence-electron chi connectivity index (χ0n) is 16.2. The van der Waals surface area contributed by atoms with Gasteiger partial charge in [0.25, 0.3) is 0 Å². The van der Waals surface area contributed by atoms with Crippen molar-refractivity contribution >= 4 is 12.0 Å². The summed E-state index contributed by atoms with van der Waals surface area (Å²) >= 11 is 0. The molecular weight excluding hydrogens is 332 g/mol. The Labute approximate surface area is 155 Å². The molecule has 1 aliphatic heterocycles. The van der Waals surface area contributed by atoms with Gasteiger partial charge < -0.3 is 14.8 Å². The predicted octanol–water partition coefficient (Wildman–Crippen LogP) is 3.24. The first-order valence-electron chi connectivity index (χ1n) is 9.14. The fourth-order valence-corrected chi connectivity index (χ4v) is 3.05. The standard InChI is InChI=1S/C20H30N2O4/c1-20(2,3)26-19(24)22-11-6-5-10-17(22)18(23)21-13-15-8-7-9-16(12-15)14-25-4/h7-9,12,17H,5-6,10-11,13-14H2,1-4H3,(H,21,23). The van der Waals surface area contributed by atoms with Crippen molar-refractivity contribution in [2.75, 3.05) is 13.7 Å². The minimum Gasteiger partial charge on any atom is -0.444 e. The Morgan fingerprint density at radius 2 is 1.96 bits per heavy atom. The number of piperidine rings is 1. The molecule has 26 heavy (non-hydrogen) atoms. The molecule has 1 aromatic carbocycles. The van der Waals surface area contributed by atoms with E-state index in [-0.39, 0.29) is 5.91 Å². The van der Waals surface area contributed by atoms with Crippen molar-refractivity contribution in [2.45, 2.75) is 64.8 Å². The second-order valence-corrected chi connectivity index (χ2v) is 7.66. The lowest BCUT2D eigenvalue weighted by Crippen LogP contribution is -2.52. The van der Waals surface area contributed by atoms with Crippen LogP contribution in [-0.2, 0) is 27.4 Å². The molecule has 1 saturated heterocycles. The van der Waals surface area contributed by atoms with E-state index in [1.54, 1.807) is 12.0 Å². The Bertz CT molecular complexity index is 624. The van der Waals surface area contributed by atoms with Crippen LogP contribution >= 0.6 is 0 Å². The molecule has 0 bridgehead atoms. The molecule has 1 N–H and O–H groups in total. The fraction of sp³-hybridized carbons (Fsp3) is 0.600. The monoisotopic (exact) mass is 362 g/mol. The van der Waals surface area contributed by atoms with Gasteiger partial charge in [-0.3, -0.25) is 9.69 Å². The van der Waals surface area contributed by atoms with Crippen molar-refractivity contribution in [2.24, 2.45) is 0 Å². The van der Waals surface area contributed by atoms with Gasteiger partial charge in [0.05, 0.1) is 6.61 Å². The lowest BCUT2D eigenvalue weighted by Gasteiger charge is -2.35. The lowest BCUT2D eigenvalue weighted by molar-refractivity contribution is -0.127. The van der Waals surface area contributed by atoms with Crippen molar-refractivity contribution in [1.29, 1.82) is 0 Å². The van der Waals surface area contributed by atoms with Gasteiger partial charge in [-0.15, -0.1) is 0 Å². The number of hydrogen-bond donors (Lipinski definition) is 1. The van der Waals surface area contributed by atoms with Gasteiger partial charge in [-0.2, -0.15) is 0 Å². The number of likely N-dealkylation sites (tertiary alicyclic amines) is 1.